The lowest BCUT2D eigenvalue weighted by molar-refractivity contribution is 0.0622. The monoisotopic (exact) mass is 298 g/mol. The smallest absolute Gasteiger partial charge is 0.0564 e. The molecular formula is C13H19BrN2O. The maximum atomic E-state index is 9.53. The highest BCUT2D eigenvalue weighted by Gasteiger charge is 2.24. The zero-order chi connectivity index (χ0) is 12.3. The summed E-state index contributed by atoms with van der Waals surface area (Å²) in [4.78, 5) is 2.37. The summed E-state index contributed by atoms with van der Waals surface area (Å²) in [7, 11) is 0. The number of nitrogens with zero attached hydrogens (tertiary/aromatic N) is 1. The number of piperidine rings is 1. The standard InChI is InChI=1S/C13H19BrN2O/c14-11-3-1-2-10(8-11)13(9-15)16-6-4-12(17)5-7-16/h1-3,8,12-13,17H,4-7,9,15H2. The maximum Gasteiger partial charge on any atom is 0.0564 e. The van der Waals surface area contributed by atoms with E-state index in [9.17, 15) is 5.11 Å². The number of halogens is 1. The number of aliphatic hydroxyl groups excluding tert-OH is 1. The summed E-state index contributed by atoms with van der Waals surface area (Å²) >= 11 is 3.49. The van der Waals surface area contributed by atoms with Crippen LogP contribution in [-0.4, -0.2) is 35.7 Å². The Morgan fingerprint density at radius 2 is 2.12 bits per heavy atom. The third-order valence-electron chi connectivity index (χ3n) is 3.40. The molecule has 0 aliphatic carbocycles. The lowest BCUT2D eigenvalue weighted by atomic mass is 10.0. The van der Waals surface area contributed by atoms with Gasteiger partial charge in [0.2, 0.25) is 0 Å². The van der Waals surface area contributed by atoms with Crippen molar-refractivity contribution in [3.63, 3.8) is 0 Å². The SMILES string of the molecule is NCC(c1cccc(Br)c1)N1CCC(O)CC1. The fourth-order valence-electron chi connectivity index (χ4n) is 2.41. The van der Waals surface area contributed by atoms with E-state index in [2.05, 4.69) is 33.0 Å². The Bertz CT molecular complexity index is 364. The zero-order valence-electron chi connectivity index (χ0n) is 9.85. The minimum absolute atomic E-state index is 0.132. The van der Waals surface area contributed by atoms with E-state index in [4.69, 9.17) is 5.73 Å². The van der Waals surface area contributed by atoms with Gasteiger partial charge in [0, 0.05) is 30.1 Å². The Labute approximate surface area is 111 Å². The Morgan fingerprint density at radius 1 is 1.41 bits per heavy atom. The molecular weight excluding hydrogens is 280 g/mol. The molecule has 1 atom stereocenters. The normalized spacial score (nSPS) is 20.4. The van der Waals surface area contributed by atoms with E-state index in [1.54, 1.807) is 0 Å². The number of hydrogen-bond acceptors (Lipinski definition) is 3. The first-order valence-corrected chi connectivity index (χ1v) is 6.87. The van der Waals surface area contributed by atoms with Gasteiger partial charge < -0.3 is 10.8 Å². The number of nitrogens with two attached hydrogens (primary N) is 1. The fourth-order valence-corrected chi connectivity index (χ4v) is 2.82. The third kappa shape index (κ3) is 3.28. The van der Waals surface area contributed by atoms with Crippen molar-refractivity contribution in [2.24, 2.45) is 5.73 Å². The van der Waals surface area contributed by atoms with Gasteiger partial charge in [0.15, 0.2) is 0 Å². The van der Waals surface area contributed by atoms with Gasteiger partial charge in [-0.2, -0.15) is 0 Å². The first-order chi connectivity index (χ1) is 8.20. The van der Waals surface area contributed by atoms with Crippen LogP contribution in [-0.2, 0) is 0 Å². The number of hydrogen-bond donors (Lipinski definition) is 2. The van der Waals surface area contributed by atoms with Crippen LogP contribution in [0.1, 0.15) is 24.4 Å². The first-order valence-electron chi connectivity index (χ1n) is 6.08. The van der Waals surface area contributed by atoms with E-state index in [0.29, 0.717) is 6.54 Å². The average molecular weight is 299 g/mol. The van der Waals surface area contributed by atoms with Crippen molar-refractivity contribution in [3.8, 4) is 0 Å². The Kier molecular flexibility index (Phi) is 4.56. The van der Waals surface area contributed by atoms with Gasteiger partial charge in [-0.15, -0.1) is 0 Å². The van der Waals surface area contributed by atoms with E-state index >= 15 is 0 Å². The molecule has 3 nitrogen and oxygen atoms in total. The van der Waals surface area contributed by atoms with Gasteiger partial charge in [0.1, 0.15) is 0 Å². The summed E-state index contributed by atoms with van der Waals surface area (Å²) in [5.74, 6) is 0. The summed E-state index contributed by atoms with van der Waals surface area (Å²) in [6, 6.07) is 8.58. The van der Waals surface area contributed by atoms with E-state index in [1.807, 2.05) is 12.1 Å². The molecule has 1 saturated heterocycles. The van der Waals surface area contributed by atoms with E-state index in [1.165, 1.54) is 5.56 Å². The highest BCUT2D eigenvalue weighted by atomic mass is 79.9. The molecule has 1 aromatic carbocycles. The highest BCUT2D eigenvalue weighted by Crippen LogP contribution is 2.25. The molecule has 0 bridgehead atoms. The van der Waals surface area contributed by atoms with Gasteiger partial charge in [-0.25, -0.2) is 0 Å². The van der Waals surface area contributed by atoms with Crippen molar-refractivity contribution in [2.75, 3.05) is 19.6 Å². The van der Waals surface area contributed by atoms with E-state index < -0.39 is 0 Å². The topological polar surface area (TPSA) is 49.5 Å². The van der Waals surface area contributed by atoms with Crippen LogP contribution in [0.5, 0.6) is 0 Å². The molecule has 4 heteroatoms. The summed E-state index contributed by atoms with van der Waals surface area (Å²) in [6.45, 7) is 2.47. The van der Waals surface area contributed by atoms with E-state index in [0.717, 1.165) is 30.4 Å². The number of likely N-dealkylation sites (tertiary alicyclic amines) is 1. The van der Waals surface area contributed by atoms with Crippen molar-refractivity contribution in [2.45, 2.75) is 25.0 Å². The predicted octanol–water partition coefficient (Wildman–Crippen LogP) is 1.91. The van der Waals surface area contributed by atoms with Crippen molar-refractivity contribution in [1.82, 2.24) is 4.90 Å². The van der Waals surface area contributed by atoms with Gasteiger partial charge >= 0.3 is 0 Å². The molecule has 0 amide bonds. The van der Waals surface area contributed by atoms with Gasteiger partial charge in [-0.3, -0.25) is 4.90 Å². The Balaban J connectivity index is 2.10. The van der Waals surface area contributed by atoms with Crippen LogP contribution in [0.3, 0.4) is 0 Å². The second kappa shape index (κ2) is 5.96. The Morgan fingerprint density at radius 3 is 2.71 bits per heavy atom. The molecule has 1 aliphatic heterocycles. The quantitative estimate of drug-likeness (QED) is 0.896. The minimum atomic E-state index is -0.132. The number of rotatable bonds is 3. The van der Waals surface area contributed by atoms with Crippen LogP contribution in [0, 0.1) is 0 Å². The maximum absolute atomic E-state index is 9.53. The zero-order valence-corrected chi connectivity index (χ0v) is 11.4. The predicted molar refractivity (Wildman–Crippen MR) is 72.8 cm³/mol. The first kappa shape index (κ1) is 13.0. The van der Waals surface area contributed by atoms with Crippen LogP contribution >= 0.6 is 15.9 Å². The Hall–Kier alpha value is -0.420. The molecule has 3 N–H and O–H groups in total. The summed E-state index contributed by atoms with van der Waals surface area (Å²) in [5.41, 5.74) is 7.15. The largest absolute Gasteiger partial charge is 0.393 e. The van der Waals surface area contributed by atoms with Crippen molar-refractivity contribution in [1.29, 1.82) is 0 Å². The van der Waals surface area contributed by atoms with E-state index in [-0.39, 0.29) is 12.1 Å². The minimum Gasteiger partial charge on any atom is -0.393 e. The molecule has 0 radical (unpaired) electrons. The molecule has 17 heavy (non-hydrogen) atoms. The second-order valence-electron chi connectivity index (χ2n) is 4.57. The van der Waals surface area contributed by atoms with Crippen molar-refractivity contribution >= 4 is 15.9 Å². The van der Waals surface area contributed by atoms with Gasteiger partial charge in [-0.05, 0) is 30.5 Å². The molecule has 1 unspecified atom stereocenters. The molecule has 2 rings (SSSR count). The molecule has 1 heterocycles. The lowest BCUT2D eigenvalue weighted by Gasteiger charge is -2.36. The molecule has 1 aromatic rings. The fraction of sp³-hybridized carbons (Fsp3) is 0.538. The molecule has 0 spiro atoms. The van der Waals surface area contributed by atoms with Crippen LogP contribution in [0.15, 0.2) is 28.7 Å². The third-order valence-corrected chi connectivity index (χ3v) is 3.89. The van der Waals surface area contributed by atoms with Crippen LogP contribution in [0.25, 0.3) is 0 Å². The summed E-state index contributed by atoms with van der Waals surface area (Å²) in [5, 5.41) is 9.53. The van der Waals surface area contributed by atoms with Gasteiger partial charge in [0.05, 0.1) is 6.10 Å². The summed E-state index contributed by atoms with van der Waals surface area (Å²) < 4.78 is 1.09. The molecule has 0 aromatic heterocycles. The number of aliphatic hydroxyl groups is 1. The highest BCUT2D eigenvalue weighted by molar-refractivity contribution is 9.10. The number of benzene rings is 1. The average Bonchev–Trinajstić information content (AvgIpc) is 2.33. The van der Waals surface area contributed by atoms with Crippen molar-refractivity contribution in [3.05, 3.63) is 34.3 Å². The second-order valence-corrected chi connectivity index (χ2v) is 5.49. The van der Waals surface area contributed by atoms with Gasteiger partial charge in [-0.1, -0.05) is 28.1 Å². The lowest BCUT2D eigenvalue weighted by Crippen LogP contribution is -2.41. The van der Waals surface area contributed by atoms with Crippen LogP contribution in [0.2, 0.25) is 0 Å². The van der Waals surface area contributed by atoms with Crippen molar-refractivity contribution < 1.29 is 5.11 Å². The molecule has 0 saturated carbocycles. The van der Waals surface area contributed by atoms with Crippen LogP contribution < -0.4 is 5.73 Å². The molecule has 1 aliphatic rings. The molecule has 1 fully saturated rings. The van der Waals surface area contributed by atoms with Crippen LogP contribution in [0.4, 0.5) is 0 Å². The van der Waals surface area contributed by atoms with Gasteiger partial charge in [0.25, 0.3) is 0 Å². The molecule has 94 valence electrons. The summed E-state index contributed by atoms with van der Waals surface area (Å²) in [6.07, 6.45) is 1.57.